The average molecular weight is 434 g/mol. The standard InChI is InChI=1S/C25H43N3OS/c1-4-7-8-10-24(6-3)26-25(30)28(16-9-15-27-17-19-29-20-18-27)21-23-13-11-22(5-2)12-14-23/h11-14,24H,4-10,15-21H2,1-3H3,(H,26,30). The zero-order chi connectivity index (χ0) is 21.6. The first kappa shape index (κ1) is 25.1. The highest BCUT2D eigenvalue weighted by molar-refractivity contribution is 7.80. The topological polar surface area (TPSA) is 27.7 Å². The lowest BCUT2D eigenvalue weighted by Gasteiger charge is -2.31. The molecule has 170 valence electrons. The van der Waals surface area contributed by atoms with Crippen LogP contribution in [0.4, 0.5) is 0 Å². The van der Waals surface area contributed by atoms with Crippen LogP contribution < -0.4 is 5.32 Å². The molecular weight excluding hydrogens is 390 g/mol. The Kier molecular flexibility index (Phi) is 12.4. The Labute approximate surface area is 190 Å². The molecule has 1 saturated heterocycles. The van der Waals surface area contributed by atoms with E-state index in [1.54, 1.807) is 0 Å². The van der Waals surface area contributed by atoms with Gasteiger partial charge in [-0.1, -0.05) is 64.3 Å². The molecule has 0 aromatic heterocycles. The fraction of sp³-hybridized carbons (Fsp3) is 0.720. The van der Waals surface area contributed by atoms with Gasteiger partial charge in [0, 0.05) is 38.8 Å². The Balaban J connectivity index is 1.93. The minimum absolute atomic E-state index is 0.480. The zero-order valence-electron chi connectivity index (χ0n) is 19.5. The van der Waals surface area contributed by atoms with Crippen LogP contribution in [-0.4, -0.2) is 60.3 Å². The number of nitrogens with zero attached hydrogens (tertiary/aromatic N) is 2. The molecule has 1 aromatic carbocycles. The summed E-state index contributed by atoms with van der Waals surface area (Å²) in [5.74, 6) is 0. The summed E-state index contributed by atoms with van der Waals surface area (Å²) in [6.45, 7) is 13.5. The fourth-order valence-electron chi connectivity index (χ4n) is 3.95. The van der Waals surface area contributed by atoms with Gasteiger partial charge in [0.15, 0.2) is 5.11 Å². The van der Waals surface area contributed by atoms with Gasteiger partial charge in [-0.15, -0.1) is 0 Å². The van der Waals surface area contributed by atoms with Gasteiger partial charge in [0.25, 0.3) is 0 Å². The van der Waals surface area contributed by atoms with E-state index in [9.17, 15) is 0 Å². The molecule has 1 aromatic rings. The van der Waals surface area contributed by atoms with E-state index in [1.165, 1.54) is 36.8 Å². The molecule has 0 radical (unpaired) electrons. The summed E-state index contributed by atoms with van der Waals surface area (Å²) in [7, 11) is 0. The van der Waals surface area contributed by atoms with Crippen LogP contribution in [0.2, 0.25) is 0 Å². The molecule has 0 saturated carbocycles. The molecule has 1 aliphatic rings. The van der Waals surface area contributed by atoms with Crippen molar-refractivity contribution in [1.82, 2.24) is 15.1 Å². The smallest absolute Gasteiger partial charge is 0.169 e. The maximum atomic E-state index is 5.90. The van der Waals surface area contributed by atoms with E-state index in [0.29, 0.717) is 6.04 Å². The summed E-state index contributed by atoms with van der Waals surface area (Å²) in [4.78, 5) is 4.88. The van der Waals surface area contributed by atoms with E-state index in [2.05, 4.69) is 60.2 Å². The number of hydrogen-bond donors (Lipinski definition) is 1. The summed E-state index contributed by atoms with van der Waals surface area (Å²) in [5.41, 5.74) is 2.72. The molecule has 30 heavy (non-hydrogen) atoms. The van der Waals surface area contributed by atoms with E-state index in [0.717, 1.165) is 70.3 Å². The van der Waals surface area contributed by atoms with Crippen LogP contribution in [0.5, 0.6) is 0 Å². The van der Waals surface area contributed by atoms with Crippen LogP contribution >= 0.6 is 12.2 Å². The molecule has 1 N–H and O–H groups in total. The van der Waals surface area contributed by atoms with Crippen molar-refractivity contribution in [3.8, 4) is 0 Å². The first-order chi connectivity index (χ1) is 14.7. The highest BCUT2D eigenvalue weighted by Gasteiger charge is 2.16. The Morgan fingerprint density at radius 1 is 1.07 bits per heavy atom. The SMILES string of the molecule is CCCCCC(CC)NC(=S)N(CCCN1CCOCC1)Cc1ccc(CC)cc1. The number of hydrogen-bond acceptors (Lipinski definition) is 3. The number of morpholine rings is 1. The van der Waals surface area contributed by atoms with Crippen molar-refractivity contribution >= 4 is 17.3 Å². The largest absolute Gasteiger partial charge is 0.379 e. The highest BCUT2D eigenvalue weighted by atomic mass is 32.1. The predicted molar refractivity (Wildman–Crippen MR) is 132 cm³/mol. The second-order valence-electron chi connectivity index (χ2n) is 8.45. The van der Waals surface area contributed by atoms with Crippen molar-refractivity contribution in [2.24, 2.45) is 0 Å². The second-order valence-corrected chi connectivity index (χ2v) is 8.84. The molecule has 1 fully saturated rings. The minimum Gasteiger partial charge on any atom is -0.379 e. The molecule has 2 rings (SSSR count). The van der Waals surface area contributed by atoms with Gasteiger partial charge in [-0.3, -0.25) is 4.90 Å². The van der Waals surface area contributed by atoms with E-state index < -0.39 is 0 Å². The van der Waals surface area contributed by atoms with Crippen molar-refractivity contribution < 1.29 is 4.74 Å². The number of aryl methyl sites for hydroxylation is 1. The molecule has 1 unspecified atom stereocenters. The number of unbranched alkanes of at least 4 members (excludes halogenated alkanes) is 2. The van der Waals surface area contributed by atoms with Crippen LogP contribution in [-0.2, 0) is 17.7 Å². The van der Waals surface area contributed by atoms with Gasteiger partial charge < -0.3 is 15.0 Å². The molecule has 1 atom stereocenters. The number of benzene rings is 1. The maximum Gasteiger partial charge on any atom is 0.169 e. The van der Waals surface area contributed by atoms with E-state index in [4.69, 9.17) is 17.0 Å². The maximum absolute atomic E-state index is 5.90. The quantitative estimate of drug-likeness (QED) is 0.349. The molecular formula is C25H43N3OS. The zero-order valence-corrected chi connectivity index (χ0v) is 20.3. The van der Waals surface area contributed by atoms with Gasteiger partial charge in [0.05, 0.1) is 13.2 Å². The number of ether oxygens (including phenoxy) is 1. The van der Waals surface area contributed by atoms with Crippen molar-refractivity contribution in [2.75, 3.05) is 39.4 Å². The third-order valence-corrected chi connectivity index (χ3v) is 6.45. The molecule has 0 bridgehead atoms. The third kappa shape index (κ3) is 9.32. The summed E-state index contributed by atoms with van der Waals surface area (Å²) in [6.07, 6.45) is 8.38. The van der Waals surface area contributed by atoms with Gasteiger partial charge in [0.1, 0.15) is 0 Å². The van der Waals surface area contributed by atoms with Crippen molar-refractivity contribution in [3.63, 3.8) is 0 Å². The predicted octanol–water partition coefficient (Wildman–Crippen LogP) is 5.01. The fourth-order valence-corrected chi connectivity index (χ4v) is 4.27. The lowest BCUT2D eigenvalue weighted by molar-refractivity contribution is 0.0367. The lowest BCUT2D eigenvalue weighted by atomic mass is 10.1. The average Bonchev–Trinajstić information content (AvgIpc) is 2.79. The van der Waals surface area contributed by atoms with Crippen LogP contribution in [0.15, 0.2) is 24.3 Å². The first-order valence-electron chi connectivity index (χ1n) is 12.1. The van der Waals surface area contributed by atoms with Crippen LogP contribution in [0.25, 0.3) is 0 Å². The van der Waals surface area contributed by atoms with Gasteiger partial charge in [0.2, 0.25) is 0 Å². The van der Waals surface area contributed by atoms with E-state index in [1.807, 2.05) is 0 Å². The summed E-state index contributed by atoms with van der Waals surface area (Å²) < 4.78 is 5.48. The van der Waals surface area contributed by atoms with Gasteiger partial charge in [-0.2, -0.15) is 0 Å². The molecule has 0 spiro atoms. The Morgan fingerprint density at radius 3 is 2.40 bits per heavy atom. The first-order valence-corrected chi connectivity index (χ1v) is 12.5. The van der Waals surface area contributed by atoms with Crippen molar-refractivity contribution in [3.05, 3.63) is 35.4 Å². The summed E-state index contributed by atoms with van der Waals surface area (Å²) in [6, 6.07) is 9.49. The minimum atomic E-state index is 0.480. The summed E-state index contributed by atoms with van der Waals surface area (Å²) in [5, 5.41) is 4.60. The van der Waals surface area contributed by atoms with Crippen LogP contribution in [0.3, 0.4) is 0 Å². The Morgan fingerprint density at radius 2 is 1.77 bits per heavy atom. The Bertz CT molecular complexity index is 587. The molecule has 0 amide bonds. The monoisotopic (exact) mass is 433 g/mol. The Hall–Kier alpha value is -1.17. The number of thiocarbonyl (C=S) groups is 1. The second kappa shape index (κ2) is 14.8. The normalized spacial score (nSPS) is 15.7. The lowest BCUT2D eigenvalue weighted by Crippen LogP contribution is -2.45. The van der Waals surface area contributed by atoms with Crippen LogP contribution in [0, 0.1) is 0 Å². The molecule has 0 aliphatic carbocycles. The van der Waals surface area contributed by atoms with E-state index >= 15 is 0 Å². The molecule has 4 nitrogen and oxygen atoms in total. The molecule has 1 aliphatic heterocycles. The highest BCUT2D eigenvalue weighted by Crippen LogP contribution is 2.12. The molecule has 5 heteroatoms. The van der Waals surface area contributed by atoms with Gasteiger partial charge in [-0.05, 0) is 49.0 Å². The molecule has 1 heterocycles. The third-order valence-electron chi connectivity index (χ3n) is 6.07. The van der Waals surface area contributed by atoms with Crippen molar-refractivity contribution in [2.45, 2.75) is 78.3 Å². The summed E-state index contributed by atoms with van der Waals surface area (Å²) >= 11 is 5.90. The van der Waals surface area contributed by atoms with E-state index in [-0.39, 0.29) is 0 Å². The van der Waals surface area contributed by atoms with Gasteiger partial charge >= 0.3 is 0 Å². The number of nitrogens with one attached hydrogen (secondary N) is 1. The van der Waals surface area contributed by atoms with Gasteiger partial charge in [-0.25, -0.2) is 0 Å². The van der Waals surface area contributed by atoms with Crippen LogP contribution in [0.1, 0.15) is 70.4 Å². The van der Waals surface area contributed by atoms with Crippen molar-refractivity contribution in [1.29, 1.82) is 0 Å². The number of rotatable bonds is 13.